The molecule has 0 aromatic carbocycles. The minimum Gasteiger partial charge on any atom is -0.338 e. The normalized spacial score (nSPS) is 20.2. The molecule has 0 spiro atoms. The van der Waals surface area contributed by atoms with Crippen LogP contribution in [0.15, 0.2) is 0 Å². The first-order valence-electron chi connectivity index (χ1n) is 6.19. The number of aromatic nitrogens is 2. The molecule has 0 bridgehead atoms. The van der Waals surface area contributed by atoms with Crippen molar-refractivity contribution in [3.05, 3.63) is 16.4 Å². The van der Waals surface area contributed by atoms with Crippen LogP contribution in [0.5, 0.6) is 0 Å². The molecule has 6 heteroatoms. The van der Waals surface area contributed by atoms with Crippen molar-refractivity contribution >= 4 is 17.5 Å². The van der Waals surface area contributed by atoms with E-state index in [1.807, 2.05) is 18.7 Å². The van der Waals surface area contributed by atoms with Crippen molar-refractivity contribution in [1.82, 2.24) is 20.0 Å². The molecule has 1 aromatic rings. The molecule has 100 valence electrons. The van der Waals surface area contributed by atoms with Gasteiger partial charge in [-0.2, -0.15) is 5.10 Å². The van der Waals surface area contributed by atoms with Crippen molar-refractivity contribution < 1.29 is 4.79 Å². The number of hydrogen-bond donors (Lipinski definition) is 1. The maximum absolute atomic E-state index is 12.2. The minimum absolute atomic E-state index is 0.102. The zero-order valence-corrected chi connectivity index (χ0v) is 11.8. The van der Waals surface area contributed by atoms with Crippen molar-refractivity contribution in [1.29, 1.82) is 0 Å². The predicted octanol–water partition coefficient (Wildman–Crippen LogP) is 0.974. The number of carbonyl (C=O) groups is 1. The van der Waals surface area contributed by atoms with Gasteiger partial charge in [0.15, 0.2) is 0 Å². The molecule has 1 fully saturated rings. The highest BCUT2D eigenvalue weighted by Crippen LogP contribution is 2.18. The van der Waals surface area contributed by atoms with E-state index >= 15 is 0 Å². The molecule has 5 nitrogen and oxygen atoms in total. The van der Waals surface area contributed by atoms with Crippen molar-refractivity contribution in [2.75, 3.05) is 19.6 Å². The van der Waals surface area contributed by atoms with E-state index < -0.39 is 0 Å². The highest BCUT2D eigenvalue weighted by molar-refractivity contribution is 6.31. The number of piperazine rings is 1. The second-order valence-corrected chi connectivity index (χ2v) is 5.22. The Bertz CT molecular complexity index is 457. The predicted molar refractivity (Wildman–Crippen MR) is 70.8 cm³/mol. The number of carbonyl (C=O) groups excluding carboxylic acids is 1. The average molecular weight is 271 g/mol. The smallest absolute Gasteiger partial charge is 0.244 e. The molecule has 1 atom stereocenters. The summed E-state index contributed by atoms with van der Waals surface area (Å²) in [5.74, 6) is 0.102. The number of halogens is 1. The van der Waals surface area contributed by atoms with Crippen LogP contribution in [-0.4, -0.2) is 46.3 Å². The van der Waals surface area contributed by atoms with E-state index in [-0.39, 0.29) is 12.5 Å². The van der Waals surface area contributed by atoms with Gasteiger partial charge >= 0.3 is 0 Å². The van der Waals surface area contributed by atoms with Crippen LogP contribution < -0.4 is 5.32 Å². The highest BCUT2D eigenvalue weighted by atomic mass is 35.5. The van der Waals surface area contributed by atoms with Crippen LogP contribution in [-0.2, 0) is 11.3 Å². The van der Waals surface area contributed by atoms with Gasteiger partial charge in [0.1, 0.15) is 6.54 Å². The fourth-order valence-corrected chi connectivity index (χ4v) is 2.35. The summed E-state index contributed by atoms with van der Waals surface area (Å²) in [5, 5.41) is 8.25. The fourth-order valence-electron chi connectivity index (χ4n) is 2.22. The molecule has 1 N–H and O–H groups in total. The van der Waals surface area contributed by atoms with E-state index in [9.17, 15) is 4.79 Å². The second kappa shape index (κ2) is 5.28. The summed E-state index contributed by atoms with van der Waals surface area (Å²) in [5.41, 5.74) is 1.63. The molecular formula is C12H19ClN4O. The zero-order chi connectivity index (χ0) is 13.3. The maximum atomic E-state index is 12.2. The van der Waals surface area contributed by atoms with Gasteiger partial charge in [-0.1, -0.05) is 11.6 Å². The second-order valence-electron chi connectivity index (χ2n) is 4.84. The third-order valence-electron chi connectivity index (χ3n) is 3.30. The van der Waals surface area contributed by atoms with Crippen molar-refractivity contribution in [2.24, 2.45) is 0 Å². The topological polar surface area (TPSA) is 50.2 Å². The fraction of sp³-hybridized carbons (Fsp3) is 0.667. The van der Waals surface area contributed by atoms with Gasteiger partial charge in [-0.05, 0) is 20.8 Å². The lowest BCUT2D eigenvalue weighted by atomic mass is 10.2. The number of hydrogen-bond acceptors (Lipinski definition) is 3. The summed E-state index contributed by atoms with van der Waals surface area (Å²) >= 11 is 6.07. The summed E-state index contributed by atoms with van der Waals surface area (Å²) in [7, 11) is 0. The van der Waals surface area contributed by atoms with E-state index in [0.29, 0.717) is 11.1 Å². The van der Waals surface area contributed by atoms with Crippen molar-refractivity contribution in [3.8, 4) is 0 Å². The van der Waals surface area contributed by atoms with Gasteiger partial charge in [0.2, 0.25) is 5.91 Å². The summed E-state index contributed by atoms with van der Waals surface area (Å²) in [6, 6.07) is 0.353. The van der Waals surface area contributed by atoms with Crippen LogP contribution in [0.3, 0.4) is 0 Å². The monoisotopic (exact) mass is 270 g/mol. The Morgan fingerprint density at radius 1 is 1.56 bits per heavy atom. The number of aryl methyl sites for hydroxylation is 1. The third-order valence-corrected chi connectivity index (χ3v) is 3.85. The molecule has 2 heterocycles. The third kappa shape index (κ3) is 2.67. The highest BCUT2D eigenvalue weighted by Gasteiger charge is 2.21. The summed E-state index contributed by atoms with van der Waals surface area (Å²) in [6.07, 6.45) is 0. The summed E-state index contributed by atoms with van der Waals surface area (Å²) in [4.78, 5) is 14.1. The molecule has 18 heavy (non-hydrogen) atoms. The Kier molecular flexibility index (Phi) is 3.92. The molecule has 1 saturated heterocycles. The number of amides is 1. The molecule has 1 aliphatic heterocycles. The van der Waals surface area contributed by atoms with Crippen molar-refractivity contribution in [2.45, 2.75) is 33.4 Å². The van der Waals surface area contributed by atoms with Crippen LogP contribution in [0.4, 0.5) is 0 Å². The lowest BCUT2D eigenvalue weighted by Gasteiger charge is -2.32. The molecule has 1 aromatic heterocycles. The molecule has 0 saturated carbocycles. The van der Waals surface area contributed by atoms with E-state index in [2.05, 4.69) is 17.3 Å². The largest absolute Gasteiger partial charge is 0.338 e. The Balaban J connectivity index is 2.04. The van der Waals surface area contributed by atoms with E-state index in [1.165, 1.54) is 0 Å². The quantitative estimate of drug-likeness (QED) is 0.871. The minimum atomic E-state index is 0.102. The lowest BCUT2D eigenvalue weighted by molar-refractivity contribution is -0.133. The first-order chi connectivity index (χ1) is 8.49. The SMILES string of the molecule is Cc1nn(CC(=O)N2CCN[C@H](C)C2)c(C)c1Cl. The van der Waals surface area contributed by atoms with Crippen LogP contribution >= 0.6 is 11.6 Å². The van der Waals surface area contributed by atoms with Crippen LogP contribution in [0, 0.1) is 13.8 Å². The number of nitrogens with zero attached hydrogens (tertiary/aromatic N) is 3. The van der Waals surface area contributed by atoms with Gasteiger partial charge in [-0.3, -0.25) is 9.48 Å². The van der Waals surface area contributed by atoms with Crippen LogP contribution in [0.2, 0.25) is 5.02 Å². The van der Waals surface area contributed by atoms with E-state index in [0.717, 1.165) is 31.0 Å². The summed E-state index contributed by atoms with van der Waals surface area (Å²) in [6.45, 7) is 8.46. The number of nitrogens with one attached hydrogen (secondary N) is 1. The van der Waals surface area contributed by atoms with Gasteiger partial charge in [0.25, 0.3) is 0 Å². The Morgan fingerprint density at radius 3 is 2.83 bits per heavy atom. The summed E-state index contributed by atoms with van der Waals surface area (Å²) < 4.78 is 1.69. The molecule has 0 unspecified atom stereocenters. The van der Waals surface area contributed by atoms with Gasteiger partial charge < -0.3 is 10.2 Å². The van der Waals surface area contributed by atoms with Crippen LogP contribution in [0.1, 0.15) is 18.3 Å². The molecule has 1 amide bonds. The van der Waals surface area contributed by atoms with Gasteiger partial charge in [-0.25, -0.2) is 0 Å². The molecular weight excluding hydrogens is 252 g/mol. The van der Waals surface area contributed by atoms with Crippen molar-refractivity contribution in [3.63, 3.8) is 0 Å². The molecule has 0 aliphatic carbocycles. The molecule has 2 rings (SSSR count). The van der Waals surface area contributed by atoms with E-state index in [1.54, 1.807) is 4.68 Å². The Morgan fingerprint density at radius 2 is 2.28 bits per heavy atom. The zero-order valence-electron chi connectivity index (χ0n) is 11.0. The lowest BCUT2D eigenvalue weighted by Crippen LogP contribution is -2.52. The first kappa shape index (κ1) is 13.4. The Hall–Kier alpha value is -1.07. The number of rotatable bonds is 2. The molecule has 0 radical (unpaired) electrons. The Labute approximate surface area is 112 Å². The van der Waals surface area contributed by atoms with Crippen LogP contribution in [0.25, 0.3) is 0 Å². The van der Waals surface area contributed by atoms with Gasteiger partial charge in [-0.15, -0.1) is 0 Å². The van der Waals surface area contributed by atoms with Gasteiger partial charge in [0, 0.05) is 25.7 Å². The molecule has 1 aliphatic rings. The average Bonchev–Trinajstić information content (AvgIpc) is 2.57. The standard InChI is InChI=1S/C12H19ClN4O/c1-8-6-16(5-4-14-8)11(18)7-17-10(3)12(13)9(2)15-17/h8,14H,4-7H2,1-3H3/t8-/m1/s1. The van der Waals surface area contributed by atoms with E-state index in [4.69, 9.17) is 11.6 Å². The first-order valence-corrected chi connectivity index (χ1v) is 6.57. The van der Waals surface area contributed by atoms with Gasteiger partial charge in [0.05, 0.1) is 16.4 Å². The maximum Gasteiger partial charge on any atom is 0.244 e.